The van der Waals surface area contributed by atoms with Gasteiger partial charge in [0.15, 0.2) is 0 Å². The fourth-order valence-electron chi connectivity index (χ4n) is 1.74. The molecule has 20 heavy (non-hydrogen) atoms. The van der Waals surface area contributed by atoms with Gasteiger partial charge in [-0.3, -0.25) is 0 Å². The lowest BCUT2D eigenvalue weighted by Crippen LogP contribution is -2.42. The topological polar surface area (TPSA) is 79.7 Å². The molecule has 0 heterocycles. The average molecular weight is 325 g/mol. The highest BCUT2D eigenvalue weighted by atomic mass is 28.4. The van der Waals surface area contributed by atoms with Crippen LogP contribution in [0.1, 0.15) is 25.7 Å². The van der Waals surface area contributed by atoms with Gasteiger partial charge in [-0.05, 0) is 32.4 Å². The van der Waals surface area contributed by atoms with Crippen molar-refractivity contribution in [3.8, 4) is 0 Å². The normalized spacial score (nSPS) is 11.4. The SMILES string of the molecule is CO[Si](CCCCN)(OC)OC.C[SiH](C)CCCCN. The van der Waals surface area contributed by atoms with E-state index >= 15 is 0 Å². The first kappa shape index (κ1) is 22.5. The van der Waals surface area contributed by atoms with E-state index < -0.39 is 8.80 Å². The Balaban J connectivity index is 0. The predicted octanol–water partition coefficient (Wildman–Crippen LogP) is 1.82. The van der Waals surface area contributed by atoms with Crippen LogP contribution in [-0.4, -0.2) is 52.0 Å². The van der Waals surface area contributed by atoms with Crippen LogP contribution in [0, 0.1) is 0 Å². The molecule has 0 aliphatic carbocycles. The quantitative estimate of drug-likeness (QED) is 0.447. The molecule has 0 atom stereocenters. The summed E-state index contributed by atoms with van der Waals surface area (Å²) in [5.74, 6) is 0. The molecule has 0 aliphatic rings. The summed E-state index contributed by atoms with van der Waals surface area (Å²) < 4.78 is 15.7. The van der Waals surface area contributed by atoms with E-state index in [1.165, 1.54) is 18.9 Å². The van der Waals surface area contributed by atoms with E-state index in [2.05, 4.69) is 13.1 Å². The number of unbranched alkanes of at least 4 members (excludes halogenated alkanes) is 2. The molecule has 7 heteroatoms. The first-order chi connectivity index (χ1) is 9.51. The highest BCUT2D eigenvalue weighted by molar-refractivity contribution is 6.60. The van der Waals surface area contributed by atoms with E-state index in [1.807, 2.05) is 0 Å². The first-order valence-electron chi connectivity index (χ1n) is 7.57. The number of rotatable bonds is 11. The Hall–Kier alpha value is 0.234. The predicted molar refractivity (Wildman–Crippen MR) is 91.8 cm³/mol. The zero-order chi connectivity index (χ0) is 15.9. The summed E-state index contributed by atoms with van der Waals surface area (Å²) in [7, 11) is 2.31. The summed E-state index contributed by atoms with van der Waals surface area (Å²) in [4.78, 5) is 0. The van der Waals surface area contributed by atoms with Crippen LogP contribution >= 0.6 is 0 Å². The number of hydrogen-bond acceptors (Lipinski definition) is 5. The van der Waals surface area contributed by atoms with Crippen molar-refractivity contribution in [3.63, 3.8) is 0 Å². The minimum Gasteiger partial charge on any atom is -0.377 e. The summed E-state index contributed by atoms with van der Waals surface area (Å²) in [5, 5.41) is 0. The van der Waals surface area contributed by atoms with Gasteiger partial charge in [0.25, 0.3) is 0 Å². The van der Waals surface area contributed by atoms with Crippen LogP contribution in [0.15, 0.2) is 0 Å². The van der Waals surface area contributed by atoms with Crippen LogP contribution in [0.25, 0.3) is 0 Å². The van der Waals surface area contributed by atoms with Gasteiger partial charge in [0.05, 0.1) is 0 Å². The maximum Gasteiger partial charge on any atom is 0.500 e. The van der Waals surface area contributed by atoms with Crippen molar-refractivity contribution in [3.05, 3.63) is 0 Å². The molecular weight excluding hydrogens is 288 g/mol. The van der Waals surface area contributed by atoms with Crippen molar-refractivity contribution >= 4 is 17.6 Å². The van der Waals surface area contributed by atoms with Gasteiger partial charge in [-0.1, -0.05) is 25.6 Å². The van der Waals surface area contributed by atoms with Gasteiger partial charge in [-0.2, -0.15) is 0 Å². The van der Waals surface area contributed by atoms with Crippen LogP contribution < -0.4 is 11.5 Å². The van der Waals surface area contributed by atoms with E-state index in [1.54, 1.807) is 21.3 Å². The standard InChI is InChI=1S/C7H19NO3Si.C6H17NSi/c1-9-12(10-2,11-3)7-5-4-6-8;1-8(2)6-4-3-5-7/h4-8H2,1-3H3;8H,3-7H2,1-2H3. The third-order valence-corrected chi connectivity index (χ3v) is 7.50. The van der Waals surface area contributed by atoms with Crippen molar-refractivity contribution in [2.45, 2.75) is 50.9 Å². The van der Waals surface area contributed by atoms with Gasteiger partial charge in [-0.25, -0.2) is 0 Å². The molecule has 124 valence electrons. The summed E-state index contributed by atoms with van der Waals surface area (Å²) >= 11 is 0. The van der Waals surface area contributed by atoms with Gasteiger partial charge < -0.3 is 24.7 Å². The lowest BCUT2D eigenvalue weighted by atomic mass is 10.3. The Kier molecular flexibility index (Phi) is 17.6. The van der Waals surface area contributed by atoms with E-state index in [0.29, 0.717) is 6.54 Å². The molecule has 0 bridgehead atoms. The van der Waals surface area contributed by atoms with Crippen LogP contribution in [0.3, 0.4) is 0 Å². The van der Waals surface area contributed by atoms with Gasteiger partial charge in [-0.15, -0.1) is 0 Å². The Morgan fingerprint density at radius 2 is 1.25 bits per heavy atom. The maximum absolute atomic E-state index is 5.38. The Morgan fingerprint density at radius 1 is 0.800 bits per heavy atom. The lowest BCUT2D eigenvalue weighted by molar-refractivity contribution is 0.123. The highest BCUT2D eigenvalue weighted by Crippen LogP contribution is 2.15. The van der Waals surface area contributed by atoms with Gasteiger partial charge in [0, 0.05) is 36.2 Å². The molecule has 0 spiro atoms. The molecular formula is C13H36N2O3Si2. The minimum absolute atomic E-state index is 0.258. The first-order valence-corrected chi connectivity index (χ1v) is 12.6. The number of hydrogen-bond donors (Lipinski definition) is 2. The third-order valence-electron chi connectivity index (χ3n) is 3.11. The second kappa shape index (κ2) is 15.6. The van der Waals surface area contributed by atoms with Crippen molar-refractivity contribution in [1.29, 1.82) is 0 Å². The molecule has 0 fully saturated rings. The van der Waals surface area contributed by atoms with E-state index in [4.69, 9.17) is 24.7 Å². The van der Waals surface area contributed by atoms with Crippen LogP contribution in [0.4, 0.5) is 0 Å². The van der Waals surface area contributed by atoms with Crippen LogP contribution in [-0.2, 0) is 13.3 Å². The Bertz CT molecular complexity index is 186. The van der Waals surface area contributed by atoms with Crippen LogP contribution in [0.5, 0.6) is 0 Å². The minimum atomic E-state index is -2.31. The number of nitrogens with two attached hydrogens (primary N) is 2. The molecule has 0 aromatic rings. The highest BCUT2D eigenvalue weighted by Gasteiger charge is 2.36. The second-order valence-corrected chi connectivity index (χ2v) is 11.7. The summed E-state index contributed by atoms with van der Waals surface area (Å²) in [6.07, 6.45) is 4.58. The third kappa shape index (κ3) is 13.2. The van der Waals surface area contributed by atoms with Crippen molar-refractivity contribution in [2.24, 2.45) is 11.5 Å². The second-order valence-electron chi connectivity index (χ2n) is 5.22. The lowest BCUT2D eigenvalue weighted by Gasteiger charge is -2.23. The molecule has 0 saturated heterocycles. The van der Waals surface area contributed by atoms with Crippen molar-refractivity contribution < 1.29 is 13.3 Å². The molecule has 4 N–H and O–H groups in total. The molecule has 5 nitrogen and oxygen atoms in total. The van der Waals surface area contributed by atoms with E-state index in [0.717, 1.165) is 25.4 Å². The Labute approximate surface area is 128 Å². The molecule has 0 aliphatic heterocycles. The summed E-state index contributed by atoms with van der Waals surface area (Å²) in [6.45, 7) is 6.36. The van der Waals surface area contributed by atoms with E-state index in [9.17, 15) is 0 Å². The van der Waals surface area contributed by atoms with Crippen LogP contribution in [0.2, 0.25) is 25.2 Å². The molecule has 0 aromatic heterocycles. The monoisotopic (exact) mass is 324 g/mol. The largest absolute Gasteiger partial charge is 0.500 e. The summed E-state index contributed by atoms with van der Waals surface area (Å²) in [5.41, 5.74) is 10.7. The zero-order valence-electron chi connectivity index (χ0n) is 14.1. The maximum atomic E-state index is 5.38. The average Bonchev–Trinajstić information content (AvgIpc) is 2.45. The van der Waals surface area contributed by atoms with Gasteiger partial charge in [0.2, 0.25) is 0 Å². The smallest absolute Gasteiger partial charge is 0.377 e. The zero-order valence-corrected chi connectivity index (χ0v) is 16.3. The van der Waals surface area contributed by atoms with Gasteiger partial charge in [0.1, 0.15) is 0 Å². The van der Waals surface area contributed by atoms with E-state index in [-0.39, 0.29) is 8.80 Å². The fourth-order valence-corrected chi connectivity index (χ4v) is 4.64. The molecule has 0 rings (SSSR count). The molecule has 0 amide bonds. The van der Waals surface area contributed by atoms with Gasteiger partial charge >= 0.3 is 8.80 Å². The molecule has 0 saturated carbocycles. The molecule has 0 unspecified atom stereocenters. The summed E-state index contributed by atoms with van der Waals surface area (Å²) in [6, 6.07) is 2.31. The van der Waals surface area contributed by atoms with Crippen molar-refractivity contribution in [2.75, 3.05) is 34.4 Å². The fraction of sp³-hybridized carbons (Fsp3) is 1.00. The molecule has 0 radical (unpaired) electrons. The van der Waals surface area contributed by atoms with Crippen molar-refractivity contribution in [1.82, 2.24) is 0 Å². The molecule has 0 aromatic carbocycles. The Morgan fingerprint density at radius 3 is 1.60 bits per heavy atom.